The minimum Gasteiger partial charge on any atom is -0.423 e. The summed E-state index contributed by atoms with van der Waals surface area (Å²) in [6, 6.07) is 12.4. The summed E-state index contributed by atoms with van der Waals surface area (Å²) in [6.07, 6.45) is 2.60. The second kappa shape index (κ2) is 7.27. The predicted octanol–water partition coefficient (Wildman–Crippen LogP) is 2.01. The zero-order valence-electron chi connectivity index (χ0n) is 15.6. The van der Waals surface area contributed by atoms with Gasteiger partial charge in [0.2, 0.25) is 0 Å². The third kappa shape index (κ3) is 3.09. The van der Waals surface area contributed by atoms with Gasteiger partial charge in [-0.2, -0.15) is 0 Å². The molecule has 2 aromatic carbocycles. The third-order valence-electron chi connectivity index (χ3n) is 4.70. The van der Waals surface area contributed by atoms with Crippen LogP contribution in [0.2, 0.25) is 0 Å². The number of carbonyl (C=O) groups is 3. The van der Waals surface area contributed by atoms with E-state index in [1.807, 2.05) is 0 Å². The average Bonchev–Trinajstić information content (AvgIpc) is 2.97. The topological polar surface area (TPSA) is 101 Å². The van der Waals surface area contributed by atoms with Crippen molar-refractivity contribution in [2.45, 2.75) is 4.90 Å². The van der Waals surface area contributed by atoms with Gasteiger partial charge in [-0.05, 0) is 24.3 Å². The Labute approximate surface area is 172 Å². The molecule has 0 N–H and O–H groups in total. The van der Waals surface area contributed by atoms with Gasteiger partial charge in [0.1, 0.15) is 6.54 Å². The number of nitrogens with zero attached hydrogens (tertiary/aromatic N) is 2. The normalized spacial score (nSPS) is 16.6. The number of carbonyl (C=O) groups excluding carboxylic acids is 3. The molecule has 30 heavy (non-hydrogen) atoms. The lowest BCUT2D eigenvalue weighted by Crippen LogP contribution is -2.36. The zero-order valence-corrected chi connectivity index (χ0v) is 16.5. The molecular formula is C21H16N2O6S. The molecule has 8 nitrogen and oxygen atoms in total. The summed E-state index contributed by atoms with van der Waals surface area (Å²) in [4.78, 5) is 38.2. The maximum atomic E-state index is 12.7. The number of sulfonamides is 1. The highest BCUT2D eigenvalue weighted by Gasteiger charge is 2.37. The highest BCUT2D eigenvalue weighted by atomic mass is 32.2. The molecule has 9 heteroatoms. The van der Waals surface area contributed by atoms with E-state index < -0.39 is 34.4 Å². The lowest BCUT2D eigenvalue weighted by molar-refractivity contribution is -0.137. The van der Waals surface area contributed by atoms with Gasteiger partial charge in [-0.25, -0.2) is 13.2 Å². The Morgan fingerprint density at radius 3 is 2.13 bits per heavy atom. The van der Waals surface area contributed by atoms with Crippen LogP contribution in [-0.2, 0) is 19.6 Å². The summed E-state index contributed by atoms with van der Waals surface area (Å²) in [5.41, 5.74) is 0.662. The second-order valence-electron chi connectivity index (χ2n) is 6.57. The van der Waals surface area contributed by atoms with Crippen molar-refractivity contribution >= 4 is 33.6 Å². The molecule has 2 amide bonds. The highest BCUT2D eigenvalue weighted by molar-refractivity contribution is 7.89. The van der Waals surface area contributed by atoms with Crippen molar-refractivity contribution < 1.29 is 27.5 Å². The average molecular weight is 424 g/mol. The summed E-state index contributed by atoms with van der Waals surface area (Å²) >= 11 is 0. The summed E-state index contributed by atoms with van der Waals surface area (Å²) in [5, 5.41) is 0. The molecule has 0 unspecified atom stereocenters. The molecule has 0 bridgehead atoms. The molecule has 2 heterocycles. The molecule has 0 fully saturated rings. The molecule has 2 aliphatic rings. The number of amides is 2. The van der Waals surface area contributed by atoms with E-state index in [9.17, 15) is 22.8 Å². The summed E-state index contributed by atoms with van der Waals surface area (Å²) in [6.45, 7) is 2.93. The van der Waals surface area contributed by atoms with E-state index in [-0.39, 0.29) is 33.9 Å². The van der Waals surface area contributed by atoms with E-state index in [4.69, 9.17) is 4.74 Å². The third-order valence-corrected chi connectivity index (χ3v) is 6.48. The Bertz CT molecular complexity index is 1200. The van der Waals surface area contributed by atoms with Gasteiger partial charge in [-0.3, -0.25) is 18.8 Å². The summed E-state index contributed by atoms with van der Waals surface area (Å²) in [5.74, 6) is -2.03. The Kier molecular flexibility index (Phi) is 4.75. The first-order valence-electron chi connectivity index (χ1n) is 8.94. The number of imide groups is 1. The van der Waals surface area contributed by atoms with Crippen molar-refractivity contribution in [3.63, 3.8) is 0 Å². The maximum absolute atomic E-state index is 12.7. The molecule has 0 radical (unpaired) electrons. The minimum absolute atomic E-state index is 0.00360. The Morgan fingerprint density at radius 1 is 0.967 bits per heavy atom. The molecule has 2 aliphatic heterocycles. The number of benzene rings is 2. The SMILES string of the molecule is C=CCN1C=C(OC(=O)CN2C(=O)c3ccccc3C2=O)c2ccccc2S1(=O)=O. The Hall–Kier alpha value is -3.72. The van der Waals surface area contributed by atoms with Crippen LogP contribution in [0, 0.1) is 0 Å². The fraction of sp³-hybridized carbons (Fsp3) is 0.0952. The van der Waals surface area contributed by atoms with Crippen LogP contribution >= 0.6 is 0 Å². The first kappa shape index (κ1) is 19.6. The van der Waals surface area contributed by atoms with Crippen LogP contribution in [-0.4, -0.2) is 48.5 Å². The standard InChI is InChI=1S/C21H16N2O6S/c1-2-11-22-12-17(16-9-5-6-10-18(16)30(22,27)28)29-19(24)13-23-20(25)14-7-3-4-8-15(14)21(23)26/h2-10,12H,1,11,13H2. The van der Waals surface area contributed by atoms with Gasteiger partial charge in [0.05, 0.1) is 28.8 Å². The second-order valence-corrected chi connectivity index (χ2v) is 8.43. The Morgan fingerprint density at radius 2 is 1.53 bits per heavy atom. The molecule has 2 aromatic rings. The van der Waals surface area contributed by atoms with E-state index >= 15 is 0 Å². The predicted molar refractivity (Wildman–Crippen MR) is 106 cm³/mol. The van der Waals surface area contributed by atoms with Crippen molar-refractivity contribution in [3.8, 4) is 0 Å². The fourth-order valence-corrected chi connectivity index (χ4v) is 4.80. The molecule has 0 atom stereocenters. The molecule has 152 valence electrons. The van der Waals surface area contributed by atoms with Crippen molar-refractivity contribution in [1.82, 2.24) is 9.21 Å². The van der Waals surface area contributed by atoms with Crippen molar-refractivity contribution in [3.05, 3.63) is 84.1 Å². The number of ether oxygens (including phenoxy) is 1. The van der Waals surface area contributed by atoms with E-state index in [0.29, 0.717) is 0 Å². The van der Waals surface area contributed by atoms with Crippen LogP contribution in [0.5, 0.6) is 0 Å². The molecule has 0 spiro atoms. The maximum Gasteiger partial charge on any atom is 0.331 e. The number of esters is 1. The van der Waals surface area contributed by atoms with Gasteiger partial charge in [0, 0.05) is 5.56 Å². The largest absolute Gasteiger partial charge is 0.423 e. The first-order chi connectivity index (χ1) is 14.3. The quantitative estimate of drug-likeness (QED) is 0.414. The van der Waals surface area contributed by atoms with Gasteiger partial charge < -0.3 is 4.74 Å². The zero-order chi connectivity index (χ0) is 21.5. The van der Waals surface area contributed by atoms with Crippen molar-refractivity contribution in [1.29, 1.82) is 0 Å². The molecular weight excluding hydrogens is 408 g/mol. The van der Waals surface area contributed by atoms with Gasteiger partial charge in [-0.15, -0.1) is 6.58 Å². The van der Waals surface area contributed by atoms with Gasteiger partial charge >= 0.3 is 5.97 Å². The van der Waals surface area contributed by atoms with Crippen LogP contribution in [0.25, 0.3) is 5.76 Å². The van der Waals surface area contributed by atoms with E-state index in [0.717, 1.165) is 9.21 Å². The molecule has 0 aromatic heterocycles. The number of fused-ring (bicyclic) bond motifs is 2. The van der Waals surface area contributed by atoms with Gasteiger partial charge in [0.15, 0.2) is 5.76 Å². The van der Waals surface area contributed by atoms with E-state index in [1.165, 1.54) is 36.5 Å². The molecule has 0 saturated carbocycles. The Balaban J connectivity index is 1.60. The highest BCUT2D eigenvalue weighted by Crippen LogP contribution is 2.33. The smallest absolute Gasteiger partial charge is 0.331 e. The van der Waals surface area contributed by atoms with Gasteiger partial charge in [-0.1, -0.05) is 30.3 Å². The van der Waals surface area contributed by atoms with E-state index in [2.05, 4.69) is 6.58 Å². The van der Waals surface area contributed by atoms with Crippen LogP contribution in [0.1, 0.15) is 26.3 Å². The lowest BCUT2D eigenvalue weighted by atomic mass is 10.1. The number of rotatable bonds is 5. The first-order valence-corrected chi connectivity index (χ1v) is 10.4. The summed E-state index contributed by atoms with van der Waals surface area (Å²) < 4.78 is 31.8. The number of hydrogen-bond donors (Lipinski definition) is 0. The van der Waals surface area contributed by atoms with E-state index in [1.54, 1.807) is 24.3 Å². The monoisotopic (exact) mass is 424 g/mol. The van der Waals surface area contributed by atoms with Crippen LogP contribution in [0.3, 0.4) is 0 Å². The molecule has 0 aliphatic carbocycles. The molecule has 4 rings (SSSR count). The fourth-order valence-electron chi connectivity index (χ4n) is 3.32. The van der Waals surface area contributed by atoms with Crippen molar-refractivity contribution in [2.75, 3.05) is 13.1 Å². The lowest BCUT2D eigenvalue weighted by Gasteiger charge is -2.27. The van der Waals surface area contributed by atoms with Crippen LogP contribution in [0.15, 0.2) is 72.3 Å². The van der Waals surface area contributed by atoms with Crippen molar-refractivity contribution in [2.24, 2.45) is 0 Å². The minimum atomic E-state index is -3.81. The molecule has 0 saturated heterocycles. The number of hydrogen-bond acceptors (Lipinski definition) is 6. The summed E-state index contributed by atoms with van der Waals surface area (Å²) in [7, 11) is -3.81. The van der Waals surface area contributed by atoms with Crippen LogP contribution < -0.4 is 0 Å². The van der Waals surface area contributed by atoms with Crippen LogP contribution in [0.4, 0.5) is 0 Å². The van der Waals surface area contributed by atoms with Gasteiger partial charge in [0.25, 0.3) is 21.8 Å².